The van der Waals surface area contributed by atoms with E-state index in [0.29, 0.717) is 42.3 Å². The Morgan fingerprint density at radius 1 is 1.06 bits per heavy atom. The van der Waals surface area contributed by atoms with Crippen LogP contribution in [0.1, 0.15) is 48.3 Å². The number of unbranched alkanes of at least 4 members (excludes halogenated alkanes) is 1. The zero-order valence-corrected chi connectivity index (χ0v) is 20.8. The van der Waals surface area contributed by atoms with Crippen LogP contribution in [-0.4, -0.2) is 55.7 Å². The van der Waals surface area contributed by atoms with Gasteiger partial charge in [0.05, 0.1) is 25.3 Å². The molecule has 2 aromatic carbocycles. The van der Waals surface area contributed by atoms with E-state index >= 15 is 0 Å². The molecule has 1 amide bonds. The van der Waals surface area contributed by atoms with Gasteiger partial charge in [-0.15, -0.1) is 0 Å². The third-order valence-electron chi connectivity index (χ3n) is 6.20. The van der Waals surface area contributed by atoms with E-state index in [1.165, 1.54) is 12.0 Å². The van der Waals surface area contributed by atoms with Gasteiger partial charge in [0.15, 0.2) is 23.0 Å². The number of aliphatic hydroxyl groups is 1. The van der Waals surface area contributed by atoms with Crippen molar-refractivity contribution < 1.29 is 33.3 Å². The summed E-state index contributed by atoms with van der Waals surface area (Å²) in [6.45, 7) is 3.35. The molecule has 2 heterocycles. The van der Waals surface area contributed by atoms with E-state index in [1.54, 1.807) is 37.4 Å². The van der Waals surface area contributed by atoms with Gasteiger partial charge in [0.2, 0.25) is 5.78 Å². The number of hydrogen-bond acceptors (Lipinski definition) is 7. The minimum absolute atomic E-state index is 0.0295. The lowest BCUT2D eigenvalue weighted by atomic mass is 9.94. The average molecular weight is 494 g/mol. The van der Waals surface area contributed by atoms with Crippen LogP contribution in [0.4, 0.5) is 0 Å². The molecule has 1 unspecified atom stereocenters. The summed E-state index contributed by atoms with van der Waals surface area (Å²) >= 11 is 0. The maximum atomic E-state index is 13.7. The van der Waals surface area contributed by atoms with E-state index in [0.717, 1.165) is 18.2 Å². The van der Waals surface area contributed by atoms with Crippen molar-refractivity contribution in [3.63, 3.8) is 0 Å². The minimum Gasteiger partial charge on any atom is -0.503 e. The quantitative estimate of drug-likeness (QED) is 0.272. The first-order valence-corrected chi connectivity index (χ1v) is 12.1. The van der Waals surface area contributed by atoms with Gasteiger partial charge in [0.1, 0.15) is 5.58 Å². The number of amides is 1. The van der Waals surface area contributed by atoms with Crippen LogP contribution in [0.2, 0.25) is 0 Å². The van der Waals surface area contributed by atoms with E-state index in [9.17, 15) is 14.7 Å². The van der Waals surface area contributed by atoms with Crippen molar-refractivity contribution in [3.8, 4) is 11.5 Å². The first-order chi connectivity index (χ1) is 17.5. The molecule has 0 spiro atoms. The Bertz CT molecular complexity index is 1240. The molecule has 4 rings (SSSR count). The van der Waals surface area contributed by atoms with E-state index in [2.05, 4.69) is 6.92 Å². The fourth-order valence-electron chi connectivity index (χ4n) is 4.37. The molecule has 190 valence electrons. The number of hydrogen-bond donors (Lipinski definition) is 1. The molecule has 0 aliphatic carbocycles. The topological polar surface area (TPSA) is 98.4 Å². The van der Waals surface area contributed by atoms with Crippen LogP contribution < -0.4 is 9.47 Å². The maximum absolute atomic E-state index is 13.7. The predicted molar refractivity (Wildman–Crippen MR) is 135 cm³/mol. The van der Waals surface area contributed by atoms with Crippen LogP contribution in [0.5, 0.6) is 11.5 Å². The first kappa shape index (κ1) is 25.3. The first-order valence-electron chi connectivity index (χ1n) is 12.1. The highest BCUT2D eigenvalue weighted by molar-refractivity contribution is 6.16. The summed E-state index contributed by atoms with van der Waals surface area (Å²) in [7, 11) is 3.12. The van der Waals surface area contributed by atoms with Crippen molar-refractivity contribution in [2.24, 2.45) is 0 Å². The Hall–Kier alpha value is -3.78. The number of methoxy groups -OCH3 is 2. The molecular formula is C28H31NO7. The number of aliphatic hydroxyl groups excluding tert-OH is 1. The van der Waals surface area contributed by atoms with Crippen molar-refractivity contribution in [1.82, 2.24) is 4.90 Å². The minimum atomic E-state index is -0.825. The molecule has 0 radical (unpaired) electrons. The van der Waals surface area contributed by atoms with E-state index < -0.39 is 23.5 Å². The normalized spacial score (nSPS) is 15.7. The number of para-hydroxylation sites is 1. The molecule has 8 nitrogen and oxygen atoms in total. The van der Waals surface area contributed by atoms with Crippen LogP contribution in [0.25, 0.3) is 11.0 Å². The van der Waals surface area contributed by atoms with Gasteiger partial charge in [-0.1, -0.05) is 37.6 Å². The van der Waals surface area contributed by atoms with Crippen LogP contribution in [0.3, 0.4) is 0 Å². The summed E-state index contributed by atoms with van der Waals surface area (Å²) in [6, 6.07) is 13.3. The molecule has 1 aromatic heterocycles. The Morgan fingerprint density at radius 3 is 2.58 bits per heavy atom. The summed E-state index contributed by atoms with van der Waals surface area (Å²) in [5, 5.41) is 11.6. The number of ether oxygens (including phenoxy) is 3. The molecule has 0 fully saturated rings. The number of nitrogens with zero attached hydrogens (tertiary/aromatic N) is 1. The number of carbonyl (C=O) groups is 2. The second kappa shape index (κ2) is 11.3. The zero-order valence-electron chi connectivity index (χ0n) is 20.8. The van der Waals surface area contributed by atoms with Crippen LogP contribution in [0.15, 0.2) is 64.3 Å². The Morgan fingerprint density at radius 2 is 1.86 bits per heavy atom. The highest BCUT2D eigenvalue weighted by Gasteiger charge is 2.44. The maximum Gasteiger partial charge on any atom is 0.290 e. The molecule has 36 heavy (non-hydrogen) atoms. The number of benzene rings is 2. The highest BCUT2D eigenvalue weighted by atomic mass is 16.5. The summed E-state index contributed by atoms with van der Waals surface area (Å²) in [5.74, 6) is -0.625. The fourth-order valence-corrected chi connectivity index (χ4v) is 4.37. The fraction of sp³-hybridized carbons (Fsp3) is 0.357. The van der Waals surface area contributed by atoms with E-state index in [-0.39, 0.29) is 17.9 Å². The van der Waals surface area contributed by atoms with E-state index in [1.807, 2.05) is 18.2 Å². The smallest absolute Gasteiger partial charge is 0.290 e. The number of Topliss-reactive ketones (excluding diaryl/α,β-unsaturated/α-hetero) is 1. The lowest BCUT2D eigenvalue weighted by molar-refractivity contribution is -0.129. The Labute approximate surface area is 210 Å². The van der Waals surface area contributed by atoms with Gasteiger partial charge in [-0.2, -0.15) is 0 Å². The Kier molecular flexibility index (Phi) is 7.95. The number of furan rings is 1. The van der Waals surface area contributed by atoms with Gasteiger partial charge in [0.25, 0.3) is 5.91 Å². The van der Waals surface area contributed by atoms with E-state index in [4.69, 9.17) is 18.6 Å². The molecule has 0 bridgehead atoms. The average Bonchev–Trinajstić information content (AvgIpc) is 3.43. The molecule has 1 aliphatic rings. The number of rotatable bonds is 12. The molecule has 1 aliphatic heterocycles. The molecule has 0 saturated heterocycles. The monoisotopic (exact) mass is 493 g/mol. The lowest BCUT2D eigenvalue weighted by Crippen LogP contribution is -2.32. The lowest BCUT2D eigenvalue weighted by Gasteiger charge is -2.27. The summed E-state index contributed by atoms with van der Waals surface area (Å²) in [4.78, 5) is 28.3. The standard InChI is InChI=1S/C28H31NO7/c1-4-5-15-35-21-12-11-19(17-22(21)34-3)25-24(27(31)28(32)29(25)13-8-14-33-2)26(30)23-16-18-9-6-7-10-20(18)36-23/h6-7,9-12,16-17,25,31H,4-5,8,13-15H2,1-3H3. The molecule has 1 N–H and O–H groups in total. The van der Waals surface area contributed by atoms with Gasteiger partial charge >= 0.3 is 0 Å². The van der Waals surface area contributed by atoms with Crippen LogP contribution >= 0.6 is 0 Å². The summed E-state index contributed by atoms with van der Waals surface area (Å²) < 4.78 is 22.3. The highest BCUT2D eigenvalue weighted by Crippen LogP contribution is 2.42. The van der Waals surface area contributed by atoms with Crippen molar-refractivity contribution in [2.45, 2.75) is 32.2 Å². The van der Waals surface area contributed by atoms with Crippen LogP contribution in [-0.2, 0) is 9.53 Å². The van der Waals surface area contributed by atoms with Gasteiger partial charge in [-0.3, -0.25) is 9.59 Å². The van der Waals surface area contributed by atoms with Gasteiger partial charge in [-0.05, 0) is 42.7 Å². The predicted octanol–water partition coefficient (Wildman–Crippen LogP) is 5.24. The van der Waals surface area contributed by atoms with Gasteiger partial charge in [0, 0.05) is 25.6 Å². The number of ketones is 1. The molecule has 0 saturated carbocycles. The number of carbonyl (C=O) groups excluding carboxylic acids is 2. The van der Waals surface area contributed by atoms with Crippen molar-refractivity contribution in [2.75, 3.05) is 34.0 Å². The van der Waals surface area contributed by atoms with Crippen molar-refractivity contribution in [1.29, 1.82) is 0 Å². The second-order valence-electron chi connectivity index (χ2n) is 8.60. The molecule has 8 heteroatoms. The van der Waals surface area contributed by atoms with Gasteiger partial charge in [-0.25, -0.2) is 0 Å². The van der Waals surface area contributed by atoms with Gasteiger partial charge < -0.3 is 28.6 Å². The second-order valence-corrected chi connectivity index (χ2v) is 8.60. The van der Waals surface area contributed by atoms with Crippen molar-refractivity contribution >= 4 is 22.7 Å². The number of fused-ring (bicyclic) bond motifs is 1. The zero-order chi connectivity index (χ0) is 25.7. The Balaban J connectivity index is 1.74. The molecule has 3 aromatic rings. The molecule has 1 atom stereocenters. The molecular weight excluding hydrogens is 462 g/mol. The summed E-state index contributed by atoms with van der Waals surface area (Å²) in [6.07, 6.45) is 2.44. The SMILES string of the molecule is CCCCOc1ccc(C2C(C(=O)c3cc4ccccc4o3)=C(O)C(=O)N2CCCOC)cc1OC. The third kappa shape index (κ3) is 4.95. The van der Waals surface area contributed by atoms with Crippen molar-refractivity contribution in [3.05, 3.63) is 71.2 Å². The summed E-state index contributed by atoms with van der Waals surface area (Å²) in [5.41, 5.74) is 1.14. The van der Waals surface area contributed by atoms with Crippen LogP contribution in [0, 0.1) is 0 Å². The largest absolute Gasteiger partial charge is 0.503 e. The third-order valence-corrected chi connectivity index (χ3v) is 6.20.